The molecule has 0 spiro atoms. The van der Waals surface area contributed by atoms with E-state index in [-0.39, 0.29) is 17.6 Å². The molecule has 108 valence electrons. The molecule has 2 rings (SSSR count). The molecule has 0 N–H and O–H groups in total. The molecule has 1 atom stereocenters. The molecule has 0 radical (unpaired) electrons. The van der Waals surface area contributed by atoms with E-state index in [0.29, 0.717) is 35.9 Å². The third-order valence-electron chi connectivity index (χ3n) is 3.48. The van der Waals surface area contributed by atoms with E-state index in [2.05, 4.69) is 0 Å². The summed E-state index contributed by atoms with van der Waals surface area (Å²) in [5.74, 6) is 0.906. The average Bonchev–Trinajstić information content (AvgIpc) is 2.51. The lowest BCUT2D eigenvalue weighted by atomic mass is 10.0. The van der Waals surface area contributed by atoms with Crippen LogP contribution < -0.4 is 9.64 Å². The fourth-order valence-electron chi connectivity index (χ4n) is 2.30. The Labute approximate surface area is 119 Å². The number of hydrogen-bond donors (Lipinski definition) is 0. The van der Waals surface area contributed by atoms with Crippen molar-refractivity contribution in [2.45, 2.75) is 27.2 Å². The van der Waals surface area contributed by atoms with Crippen molar-refractivity contribution < 1.29 is 14.3 Å². The molecule has 1 aromatic rings. The maximum Gasteiger partial charge on any atom is 0.233 e. The van der Waals surface area contributed by atoms with Gasteiger partial charge >= 0.3 is 0 Å². The van der Waals surface area contributed by atoms with Crippen molar-refractivity contribution >= 4 is 17.4 Å². The second-order valence-corrected chi connectivity index (χ2v) is 5.81. The molecule has 1 aliphatic rings. The number of hydrogen-bond acceptors (Lipinski definition) is 3. The lowest BCUT2D eigenvalue weighted by Crippen LogP contribution is -2.31. The van der Waals surface area contributed by atoms with Crippen LogP contribution in [-0.2, 0) is 4.79 Å². The lowest BCUT2D eigenvalue weighted by Gasteiger charge is -2.18. The van der Waals surface area contributed by atoms with E-state index in [4.69, 9.17) is 4.74 Å². The van der Waals surface area contributed by atoms with Gasteiger partial charge in [-0.05, 0) is 24.1 Å². The number of ether oxygens (including phenoxy) is 1. The van der Waals surface area contributed by atoms with Crippen LogP contribution in [0.5, 0.6) is 5.75 Å². The molecule has 1 aliphatic heterocycles. The summed E-state index contributed by atoms with van der Waals surface area (Å²) in [5, 5.41) is 0. The molecule has 1 amide bonds. The van der Waals surface area contributed by atoms with E-state index in [9.17, 15) is 9.59 Å². The summed E-state index contributed by atoms with van der Waals surface area (Å²) in [6.45, 7) is 6.24. The van der Waals surface area contributed by atoms with Crippen LogP contribution in [-0.4, -0.2) is 25.3 Å². The Kier molecular flexibility index (Phi) is 4.12. The molecular formula is C16H21NO3. The Bertz CT molecular complexity index is 537. The number of benzene rings is 1. The molecule has 20 heavy (non-hydrogen) atoms. The van der Waals surface area contributed by atoms with Crippen molar-refractivity contribution in [2.75, 3.05) is 18.6 Å². The Hall–Kier alpha value is -1.84. The van der Waals surface area contributed by atoms with Crippen molar-refractivity contribution in [3.8, 4) is 5.75 Å². The Morgan fingerprint density at radius 2 is 2.15 bits per heavy atom. The summed E-state index contributed by atoms with van der Waals surface area (Å²) >= 11 is 0. The van der Waals surface area contributed by atoms with Crippen LogP contribution in [0.25, 0.3) is 0 Å². The maximum atomic E-state index is 12.1. The van der Waals surface area contributed by atoms with Gasteiger partial charge in [-0.25, -0.2) is 0 Å². The summed E-state index contributed by atoms with van der Waals surface area (Å²) in [6, 6.07) is 5.32. The summed E-state index contributed by atoms with van der Waals surface area (Å²) < 4.78 is 5.64. The topological polar surface area (TPSA) is 46.6 Å². The average molecular weight is 275 g/mol. The molecule has 4 heteroatoms. The van der Waals surface area contributed by atoms with Crippen LogP contribution in [0.2, 0.25) is 0 Å². The van der Waals surface area contributed by atoms with E-state index < -0.39 is 0 Å². The van der Waals surface area contributed by atoms with Crippen LogP contribution in [0.3, 0.4) is 0 Å². The van der Waals surface area contributed by atoms with Gasteiger partial charge < -0.3 is 9.64 Å². The zero-order valence-electron chi connectivity index (χ0n) is 12.5. The number of ketones is 1. The third-order valence-corrected chi connectivity index (χ3v) is 3.48. The number of rotatable bonds is 3. The lowest BCUT2D eigenvalue weighted by molar-refractivity contribution is -0.122. The Morgan fingerprint density at radius 3 is 2.80 bits per heavy atom. The molecular weight excluding hydrogens is 254 g/mol. The van der Waals surface area contributed by atoms with Crippen molar-refractivity contribution in [3.05, 3.63) is 23.8 Å². The van der Waals surface area contributed by atoms with Gasteiger partial charge in [0.05, 0.1) is 18.2 Å². The highest BCUT2D eigenvalue weighted by Gasteiger charge is 2.26. The van der Waals surface area contributed by atoms with E-state index >= 15 is 0 Å². The second kappa shape index (κ2) is 5.65. The number of nitrogens with zero attached hydrogens (tertiary/aromatic N) is 1. The highest BCUT2D eigenvalue weighted by molar-refractivity contribution is 6.01. The van der Waals surface area contributed by atoms with Crippen LogP contribution in [0, 0.1) is 11.8 Å². The van der Waals surface area contributed by atoms with Crippen molar-refractivity contribution in [3.63, 3.8) is 0 Å². The first-order valence-electron chi connectivity index (χ1n) is 6.97. The first kappa shape index (κ1) is 14.6. The Morgan fingerprint density at radius 1 is 1.45 bits per heavy atom. The minimum Gasteiger partial charge on any atom is -0.491 e. The van der Waals surface area contributed by atoms with Crippen LogP contribution >= 0.6 is 0 Å². The maximum absolute atomic E-state index is 12.1. The number of fused-ring (bicyclic) bond motifs is 1. The minimum atomic E-state index is -0.179. The molecule has 4 nitrogen and oxygen atoms in total. The first-order valence-corrected chi connectivity index (χ1v) is 6.97. The van der Waals surface area contributed by atoms with Crippen LogP contribution in [0.15, 0.2) is 18.2 Å². The van der Waals surface area contributed by atoms with Gasteiger partial charge in [0.25, 0.3) is 0 Å². The van der Waals surface area contributed by atoms with Crippen LogP contribution in [0.1, 0.15) is 37.6 Å². The summed E-state index contributed by atoms with van der Waals surface area (Å²) in [4.78, 5) is 25.8. The zero-order valence-corrected chi connectivity index (χ0v) is 12.5. The smallest absolute Gasteiger partial charge is 0.233 e. The first-order chi connectivity index (χ1) is 9.40. The molecule has 1 heterocycles. The number of amides is 1. The van der Waals surface area contributed by atoms with Crippen molar-refractivity contribution in [2.24, 2.45) is 11.8 Å². The Balaban J connectivity index is 2.35. The monoisotopic (exact) mass is 275 g/mol. The molecule has 0 aromatic heterocycles. The summed E-state index contributed by atoms with van der Waals surface area (Å²) in [7, 11) is 1.73. The number of carbonyl (C=O) groups is 2. The molecule has 0 saturated heterocycles. The summed E-state index contributed by atoms with van der Waals surface area (Å²) in [5.41, 5.74) is 1.31. The number of Topliss-reactive ketones (excluding diaryl/α,β-unsaturated/α-hetero) is 1. The fourth-order valence-corrected chi connectivity index (χ4v) is 2.30. The number of carbonyl (C=O) groups excluding carboxylic acids is 2. The molecule has 0 saturated carbocycles. The van der Waals surface area contributed by atoms with E-state index in [1.54, 1.807) is 30.1 Å². The predicted octanol–water partition coefficient (Wildman–Crippen LogP) is 2.91. The molecule has 0 aliphatic carbocycles. The van der Waals surface area contributed by atoms with Gasteiger partial charge in [0, 0.05) is 19.0 Å². The van der Waals surface area contributed by atoms with Gasteiger partial charge in [0.1, 0.15) is 5.75 Å². The van der Waals surface area contributed by atoms with Gasteiger partial charge in [-0.2, -0.15) is 0 Å². The third kappa shape index (κ3) is 2.84. The highest BCUT2D eigenvalue weighted by atomic mass is 16.5. The van der Waals surface area contributed by atoms with Crippen molar-refractivity contribution in [1.82, 2.24) is 0 Å². The summed E-state index contributed by atoms with van der Waals surface area (Å²) in [6.07, 6.45) is 0.508. The molecule has 0 fully saturated rings. The fraction of sp³-hybridized carbons (Fsp3) is 0.500. The molecule has 1 aromatic carbocycles. The van der Waals surface area contributed by atoms with Crippen molar-refractivity contribution in [1.29, 1.82) is 0 Å². The SMILES string of the molecule is CC(C)CC(=O)c1ccc2c(c1)N(C)C(=O)C(C)CO2. The highest BCUT2D eigenvalue weighted by Crippen LogP contribution is 2.33. The molecule has 0 bridgehead atoms. The van der Waals surface area contributed by atoms with Gasteiger partial charge in [-0.3, -0.25) is 9.59 Å². The van der Waals surface area contributed by atoms with E-state index in [1.165, 1.54) is 0 Å². The van der Waals surface area contributed by atoms with Crippen LogP contribution in [0.4, 0.5) is 5.69 Å². The van der Waals surface area contributed by atoms with E-state index in [1.807, 2.05) is 20.8 Å². The standard InChI is InChI=1S/C16H21NO3/c1-10(2)7-14(18)12-5-6-15-13(8-12)17(4)16(19)11(3)9-20-15/h5-6,8,10-11H,7,9H2,1-4H3. The van der Waals surface area contributed by atoms with E-state index in [0.717, 1.165) is 0 Å². The predicted molar refractivity (Wildman–Crippen MR) is 78.3 cm³/mol. The second-order valence-electron chi connectivity index (χ2n) is 5.81. The zero-order chi connectivity index (χ0) is 14.9. The quantitative estimate of drug-likeness (QED) is 0.797. The normalized spacial score (nSPS) is 18.6. The molecule has 1 unspecified atom stereocenters. The van der Waals surface area contributed by atoms with Gasteiger partial charge in [-0.1, -0.05) is 20.8 Å². The minimum absolute atomic E-state index is 0.0113. The number of anilines is 1. The van der Waals surface area contributed by atoms with Gasteiger partial charge in [-0.15, -0.1) is 0 Å². The van der Waals surface area contributed by atoms with Gasteiger partial charge in [0.15, 0.2) is 5.78 Å². The largest absolute Gasteiger partial charge is 0.491 e. The van der Waals surface area contributed by atoms with Gasteiger partial charge in [0.2, 0.25) is 5.91 Å².